The molecule has 4 nitrogen and oxygen atoms in total. The third-order valence-corrected chi connectivity index (χ3v) is 9.23. The predicted octanol–water partition coefficient (Wildman–Crippen LogP) is 10.1. The fourth-order valence-corrected chi connectivity index (χ4v) is 6.97. The number of rotatable bonds is 6. The van der Waals surface area contributed by atoms with Gasteiger partial charge >= 0.3 is 0 Å². The molecule has 1 atom stereocenters. The summed E-state index contributed by atoms with van der Waals surface area (Å²) in [5, 5.41) is 5.92. The van der Waals surface area contributed by atoms with Gasteiger partial charge in [0.15, 0.2) is 18.0 Å². The first-order valence-electron chi connectivity index (χ1n) is 15.7. The van der Waals surface area contributed by atoms with Gasteiger partial charge in [0, 0.05) is 23.7 Å². The maximum absolute atomic E-state index is 5.96. The topological polar surface area (TPSA) is 30.9 Å². The average Bonchev–Trinajstić information content (AvgIpc) is 3.49. The normalized spacial score (nSPS) is 12.3. The molecule has 0 bridgehead atoms. The highest BCUT2D eigenvalue weighted by molar-refractivity contribution is 6.23. The number of para-hydroxylation sites is 3. The molecule has 8 rings (SSSR count). The van der Waals surface area contributed by atoms with Gasteiger partial charge in [-0.3, -0.25) is 4.57 Å². The van der Waals surface area contributed by atoms with Crippen LogP contribution in [0.15, 0.2) is 134 Å². The molecule has 2 aromatic heterocycles. The number of fused-ring (bicyclic) bond motifs is 4. The Balaban J connectivity index is 1.53. The Hall–Kier alpha value is -5.48. The van der Waals surface area contributed by atoms with Crippen LogP contribution in [0.3, 0.4) is 0 Å². The van der Waals surface area contributed by atoms with Crippen LogP contribution in [0, 0.1) is 0 Å². The summed E-state index contributed by atoms with van der Waals surface area (Å²) in [5.41, 5.74) is 7.83. The van der Waals surface area contributed by atoms with Gasteiger partial charge in [0.05, 0.1) is 23.5 Å². The molecule has 0 aliphatic rings. The first-order valence-corrected chi connectivity index (χ1v) is 15.7. The van der Waals surface area contributed by atoms with Crippen LogP contribution in [0.5, 0.6) is 5.75 Å². The van der Waals surface area contributed by atoms with Crippen LogP contribution >= 0.6 is 0 Å². The van der Waals surface area contributed by atoms with Crippen molar-refractivity contribution >= 4 is 43.5 Å². The second kappa shape index (κ2) is 10.9. The molecule has 0 N–H and O–H groups in total. The number of hydrogen-bond donors (Lipinski definition) is 0. The van der Waals surface area contributed by atoms with Crippen LogP contribution in [0.1, 0.15) is 26.3 Å². The zero-order valence-electron chi connectivity index (χ0n) is 25.7. The van der Waals surface area contributed by atoms with Gasteiger partial charge < -0.3 is 4.74 Å². The van der Waals surface area contributed by atoms with Crippen molar-refractivity contribution < 1.29 is 9.30 Å². The van der Waals surface area contributed by atoms with Crippen molar-refractivity contribution in [1.82, 2.24) is 9.55 Å². The summed E-state index contributed by atoms with van der Waals surface area (Å²) >= 11 is 0. The Morgan fingerprint density at radius 2 is 1.27 bits per heavy atom. The molecule has 0 aliphatic heterocycles. The van der Waals surface area contributed by atoms with Crippen molar-refractivity contribution in [2.45, 2.75) is 26.3 Å². The number of hydrogen-bond acceptors (Lipinski definition) is 2. The van der Waals surface area contributed by atoms with Gasteiger partial charge in [-0.1, -0.05) is 85.8 Å². The summed E-state index contributed by atoms with van der Waals surface area (Å²) in [6.07, 6.45) is 3.20. The fourth-order valence-electron chi connectivity index (χ4n) is 6.97. The van der Waals surface area contributed by atoms with E-state index >= 15 is 0 Å². The number of methoxy groups -OCH3 is 1. The van der Waals surface area contributed by atoms with Crippen LogP contribution in [-0.2, 0) is 0 Å². The Morgan fingerprint density at radius 3 is 1.93 bits per heavy atom. The predicted molar refractivity (Wildman–Crippen MR) is 186 cm³/mol. The van der Waals surface area contributed by atoms with E-state index in [1.807, 2.05) is 0 Å². The second-order valence-corrected chi connectivity index (χ2v) is 11.7. The highest BCUT2D eigenvalue weighted by Crippen LogP contribution is 2.46. The Kier molecular flexibility index (Phi) is 6.57. The summed E-state index contributed by atoms with van der Waals surface area (Å²) in [5.74, 6) is 1.83. The molecule has 0 amide bonds. The van der Waals surface area contributed by atoms with Gasteiger partial charge in [0.1, 0.15) is 5.82 Å². The lowest BCUT2D eigenvalue weighted by atomic mass is 9.86. The molecule has 8 aromatic rings. The van der Waals surface area contributed by atoms with Gasteiger partial charge in [0.25, 0.3) is 5.52 Å². The quantitative estimate of drug-likeness (QED) is 0.144. The fraction of sp³-hybridized carbons (Fsp3) is 0.122. The van der Waals surface area contributed by atoms with Gasteiger partial charge in [-0.25, -0.2) is 4.98 Å². The molecule has 6 aromatic carbocycles. The molecule has 0 fully saturated rings. The van der Waals surface area contributed by atoms with Gasteiger partial charge in [-0.2, -0.15) is 4.57 Å². The first-order chi connectivity index (χ1) is 22.2. The molecule has 45 heavy (non-hydrogen) atoms. The van der Waals surface area contributed by atoms with Gasteiger partial charge in [0.2, 0.25) is 0 Å². The third kappa shape index (κ3) is 4.21. The van der Waals surface area contributed by atoms with Crippen LogP contribution in [0.2, 0.25) is 0 Å². The molecule has 0 saturated heterocycles. The van der Waals surface area contributed by atoms with E-state index in [1.54, 1.807) is 7.11 Å². The van der Waals surface area contributed by atoms with E-state index in [2.05, 4.69) is 157 Å². The van der Waals surface area contributed by atoms with Crippen LogP contribution in [0.4, 0.5) is 0 Å². The maximum Gasteiger partial charge on any atom is 0.255 e. The van der Waals surface area contributed by atoms with Crippen molar-refractivity contribution in [2.24, 2.45) is 0 Å². The smallest absolute Gasteiger partial charge is 0.255 e. The second-order valence-electron chi connectivity index (χ2n) is 11.7. The van der Waals surface area contributed by atoms with Crippen molar-refractivity contribution in [1.29, 1.82) is 0 Å². The average molecular weight is 585 g/mol. The summed E-state index contributed by atoms with van der Waals surface area (Å²) in [6.45, 7) is 4.50. The summed E-state index contributed by atoms with van der Waals surface area (Å²) in [6, 6.07) is 45.7. The number of pyridine rings is 1. The number of benzene rings is 6. The van der Waals surface area contributed by atoms with Crippen LogP contribution in [-0.4, -0.2) is 16.7 Å². The van der Waals surface area contributed by atoms with E-state index < -0.39 is 0 Å². The third-order valence-electron chi connectivity index (χ3n) is 9.23. The van der Waals surface area contributed by atoms with E-state index in [1.165, 1.54) is 38.1 Å². The minimum atomic E-state index is 0.333. The van der Waals surface area contributed by atoms with Crippen molar-refractivity contribution in [2.75, 3.05) is 7.11 Å². The maximum atomic E-state index is 5.96. The lowest BCUT2D eigenvalue weighted by molar-refractivity contribution is -0.695. The molecular weight excluding hydrogens is 550 g/mol. The molecule has 0 saturated carbocycles. The van der Waals surface area contributed by atoms with Gasteiger partial charge in [-0.05, 0) is 82.1 Å². The monoisotopic (exact) mass is 584 g/mol. The van der Waals surface area contributed by atoms with Gasteiger partial charge in [-0.15, -0.1) is 0 Å². The molecule has 0 aliphatic carbocycles. The number of imidazole rings is 1. The van der Waals surface area contributed by atoms with Crippen molar-refractivity contribution in [3.63, 3.8) is 0 Å². The Morgan fingerprint density at radius 1 is 0.667 bits per heavy atom. The lowest BCUT2D eigenvalue weighted by Gasteiger charge is -2.19. The minimum Gasteiger partial charge on any atom is -0.490 e. The Bertz CT molecular complexity index is 2310. The number of aromatic nitrogens is 3. The van der Waals surface area contributed by atoms with Crippen molar-refractivity contribution in [3.8, 4) is 34.0 Å². The molecular formula is C41H34N3O+. The zero-order valence-corrected chi connectivity index (χ0v) is 25.7. The van der Waals surface area contributed by atoms with E-state index in [4.69, 9.17) is 9.72 Å². The van der Waals surface area contributed by atoms with Crippen LogP contribution in [0.25, 0.3) is 71.7 Å². The lowest BCUT2D eigenvalue weighted by Crippen LogP contribution is -2.38. The first kappa shape index (κ1) is 27.1. The zero-order chi connectivity index (χ0) is 30.5. The number of ether oxygens (including phenoxy) is 1. The molecule has 0 spiro atoms. The summed E-state index contributed by atoms with van der Waals surface area (Å²) < 4.78 is 10.6. The molecule has 1 unspecified atom stereocenters. The molecule has 0 radical (unpaired) electrons. The van der Waals surface area contributed by atoms with Crippen molar-refractivity contribution in [3.05, 3.63) is 134 Å². The highest BCUT2D eigenvalue weighted by atomic mass is 16.5. The standard InChI is InChI=1S/C41H34N3O/c1-4-27(2)43-26-14-21-34-33(24-25-37(45-3)40(34)43)38-29-17-8-10-19-31(29)39(32-20-11-9-18-30(32)38)41-42-35-22-12-13-23-36(35)44(41)28-15-6-5-7-16-28/h5-27H,4H2,1-3H3/q+1. The van der Waals surface area contributed by atoms with Crippen LogP contribution < -0.4 is 9.30 Å². The summed E-state index contributed by atoms with van der Waals surface area (Å²) in [7, 11) is 1.76. The highest BCUT2D eigenvalue weighted by Gasteiger charge is 2.26. The molecule has 218 valence electrons. The van der Waals surface area contributed by atoms with E-state index in [0.717, 1.165) is 45.8 Å². The number of nitrogens with zero attached hydrogens (tertiary/aromatic N) is 3. The minimum absolute atomic E-state index is 0.333. The van der Waals surface area contributed by atoms with E-state index in [9.17, 15) is 0 Å². The summed E-state index contributed by atoms with van der Waals surface area (Å²) in [4.78, 5) is 5.32. The molecule has 4 heteroatoms. The SMILES string of the molecule is CCC(C)[n+]1cccc2c(-c3c4ccccc4c(-c4nc5ccccc5n4-c4ccccc4)c4ccccc34)ccc(OC)c21. The van der Waals surface area contributed by atoms with E-state index in [-0.39, 0.29) is 0 Å². The largest absolute Gasteiger partial charge is 0.490 e. The molecule has 2 heterocycles. The van der Waals surface area contributed by atoms with E-state index in [0.29, 0.717) is 6.04 Å². The Labute approximate surface area is 262 Å².